The Labute approximate surface area is 190 Å². The minimum Gasteiger partial charge on any atom is -0.493 e. The molecule has 0 unspecified atom stereocenters. The molecule has 2 aromatic rings. The van der Waals surface area contributed by atoms with Crippen LogP contribution in [-0.4, -0.2) is 37.7 Å². The summed E-state index contributed by atoms with van der Waals surface area (Å²) in [5.74, 6) is 2.39. The largest absolute Gasteiger partial charge is 0.493 e. The van der Waals surface area contributed by atoms with Crippen LogP contribution in [0.2, 0.25) is 0 Å². The lowest BCUT2D eigenvalue weighted by Gasteiger charge is -2.20. The van der Waals surface area contributed by atoms with Gasteiger partial charge < -0.3 is 20.1 Å². The van der Waals surface area contributed by atoms with Crippen molar-refractivity contribution in [3.05, 3.63) is 53.9 Å². The number of aromatic nitrogens is 1. The Morgan fingerprint density at radius 3 is 2.69 bits per heavy atom. The van der Waals surface area contributed by atoms with Crippen LogP contribution in [0.1, 0.15) is 36.8 Å². The lowest BCUT2D eigenvalue weighted by Crippen LogP contribution is -2.38. The van der Waals surface area contributed by atoms with E-state index in [1.165, 1.54) is 18.4 Å². The number of nitrogens with zero attached hydrogens (tertiary/aromatic N) is 2. The number of hydrogen-bond donors (Lipinski definition) is 2. The second kappa shape index (κ2) is 12.5. The molecular formula is C22H31IN4O2. The topological polar surface area (TPSA) is 67.8 Å². The standard InChI is InChI=1S/C22H30N4O2.HI/c1-23-22(25-14-12-17-7-6-13-24-15-17)26-16-18-8-5-11-20(27-2)21(18)28-19-9-3-4-10-19;/h5-8,11,13,15,19H,3-4,9-10,12,14,16H2,1-2H3,(H2,23,25,26);1H. The zero-order valence-electron chi connectivity index (χ0n) is 17.2. The van der Waals surface area contributed by atoms with E-state index in [0.717, 1.165) is 48.8 Å². The molecule has 0 spiro atoms. The third-order valence-electron chi connectivity index (χ3n) is 4.97. The van der Waals surface area contributed by atoms with Crippen molar-refractivity contribution in [1.82, 2.24) is 15.6 Å². The summed E-state index contributed by atoms with van der Waals surface area (Å²) in [7, 11) is 3.47. The van der Waals surface area contributed by atoms with Gasteiger partial charge in [-0.05, 0) is 49.8 Å². The minimum absolute atomic E-state index is 0. The van der Waals surface area contributed by atoms with Crippen LogP contribution in [0.5, 0.6) is 11.5 Å². The molecule has 0 aliphatic heterocycles. The van der Waals surface area contributed by atoms with Gasteiger partial charge in [-0.1, -0.05) is 18.2 Å². The van der Waals surface area contributed by atoms with Crippen LogP contribution in [0.25, 0.3) is 0 Å². The second-order valence-corrected chi connectivity index (χ2v) is 6.94. The third-order valence-corrected chi connectivity index (χ3v) is 4.97. The number of hydrogen-bond acceptors (Lipinski definition) is 4. The number of aliphatic imine (C=N–C) groups is 1. The van der Waals surface area contributed by atoms with E-state index in [4.69, 9.17) is 9.47 Å². The number of benzene rings is 1. The first-order chi connectivity index (χ1) is 13.8. The van der Waals surface area contributed by atoms with Gasteiger partial charge in [-0.25, -0.2) is 0 Å². The van der Waals surface area contributed by atoms with Gasteiger partial charge >= 0.3 is 0 Å². The maximum absolute atomic E-state index is 6.30. The van der Waals surface area contributed by atoms with Crippen LogP contribution in [-0.2, 0) is 13.0 Å². The fourth-order valence-corrected chi connectivity index (χ4v) is 3.44. The van der Waals surface area contributed by atoms with E-state index < -0.39 is 0 Å². The smallest absolute Gasteiger partial charge is 0.191 e. The van der Waals surface area contributed by atoms with Crippen LogP contribution in [0.3, 0.4) is 0 Å². The molecule has 1 fully saturated rings. The molecule has 1 aromatic carbocycles. The molecule has 1 aromatic heterocycles. The predicted octanol–water partition coefficient (Wildman–Crippen LogP) is 3.94. The van der Waals surface area contributed by atoms with Gasteiger partial charge in [0.1, 0.15) is 0 Å². The van der Waals surface area contributed by atoms with E-state index >= 15 is 0 Å². The molecule has 6 nitrogen and oxygen atoms in total. The molecule has 3 rings (SSSR count). The molecule has 1 saturated carbocycles. The zero-order chi connectivity index (χ0) is 19.6. The molecule has 1 heterocycles. The monoisotopic (exact) mass is 510 g/mol. The van der Waals surface area contributed by atoms with Gasteiger partial charge in [0.2, 0.25) is 0 Å². The van der Waals surface area contributed by atoms with Crippen LogP contribution in [0.4, 0.5) is 0 Å². The molecule has 0 amide bonds. The average Bonchev–Trinajstić information content (AvgIpc) is 3.25. The zero-order valence-corrected chi connectivity index (χ0v) is 19.5. The van der Waals surface area contributed by atoms with Gasteiger partial charge in [0, 0.05) is 38.1 Å². The van der Waals surface area contributed by atoms with Gasteiger partial charge in [-0.2, -0.15) is 0 Å². The highest BCUT2D eigenvalue weighted by Gasteiger charge is 2.20. The maximum Gasteiger partial charge on any atom is 0.191 e. The summed E-state index contributed by atoms with van der Waals surface area (Å²) in [4.78, 5) is 8.46. The van der Waals surface area contributed by atoms with Crippen molar-refractivity contribution in [3.63, 3.8) is 0 Å². The van der Waals surface area contributed by atoms with Crippen LogP contribution < -0.4 is 20.1 Å². The first kappa shape index (κ1) is 23.3. The van der Waals surface area contributed by atoms with Gasteiger partial charge in [0.15, 0.2) is 17.5 Å². The lowest BCUT2D eigenvalue weighted by molar-refractivity contribution is 0.198. The third kappa shape index (κ3) is 7.06. The quantitative estimate of drug-likeness (QED) is 0.320. The van der Waals surface area contributed by atoms with Crippen LogP contribution >= 0.6 is 24.0 Å². The first-order valence-corrected chi connectivity index (χ1v) is 9.96. The molecule has 0 bridgehead atoms. The number of guanidine groups is 1. The molecule has 158 valence electrons. The van der Waals surface area contributed by atoms with Crippen molar-refractivity contribution < 1.29 is 9.47 Å². The summed E-state index contributed by atoms with van der Waals surface area (Å²) >= 11 is 0. The summed E-state index contributed by atoms with van der Waals surface area (Å²) in [6.07, 6.45) is 9.56. The summed E-state index contributed by atoms with van der Waals surface area (Å²) < 4.78 is 11.8. The first-order valence-electron chi connectivity index (χ1n) is 9.96. The van der Waals surface area contributed by atoms with Crippen molar-refractivity contribution in [2.45, 2.75) is 44.8 Å². The fourth-order valence-electron chi connectivity index (χ4n) is 3.44. The Balaban J connectivity index is 0.00000300. The van der Waals surface area contributed by atoms with Crippen LogP contribution in [0.15, 0.2) is 47.7 Å². The molecule has 1 aliphatic rings. The number of ether oxygens (including phenoxy) is 2. The normalized spacial score (nSPS) is 14.2. The highest BCUT2D eigenvalue weighted by Crippen LogP contribution is 2.34. The lowest BCUT2D eigenvalue weighted by atomic mass is 10.1. The van der Waals surface area contributed by atoms with Gasteiger partial charge in [-0.3, -0.25) is 9.98 Å². The van der Waals surface area contributed by atoms with E-state index in [9.17, 15) is 0 Å². The number of nitrogens with one attached hydrogen (secondary N) is 2. The van der Waals surface area contributed by atoms with E-state index in [1.54, 1.807) is 20.4 Å². The summed E-state index contributed by atoms with van der Waals surface area (Å²) in [5.41, 5.74) is 2.27. The molecule has 2 N–H and O–H groups in total. The fraction of sp³-hybridized carbons (Fsp3) is 0.455. The second-order valence-electron chi connectivity index (χ2n) is 6.94. The number of para-hydroxylation sites is 1. The summed E-state index contributed by atoms with van der Waals surface area (Å²) in [6, 6.07) is 10.1. The van der Waals surface area contributed by atoms with E-state index in [0.29, 0.717) is 6.54 Å². The molecule has 29 heavy (non-hydrogen) atoms. The Morgan fingerprint density at radius 1 is 1.17 bits per heavy atom. The van der Waals surface area contributed by atoms with Crippen molar-refractivity contribution in [2.24, 2.45) is 4.99 Å². The van der Waals surface area contributed by atoms with Crippen molar-refractivity contribution in [2.75, 3.05) is 20.7 Å². The van der Waals surface area contributed by atoms with Gasteiger partial charge in [0.05, 0.1) is 13.2 Å². The van der Waals surface area contributed by atoms with Crippen molar-refractivity contribution in [3.8, 4) is 11.5 Å². The molecular weight excluding hydrogens is 479 g/mol. The SMILES string of the molecule is CN=C(NCCc1cccnc1)NCc1cccc(OC)c1OC1CCCC1.I. The molecule has 7 heteroatoms. The summed E-state index contributed by atoms with van der Waals surface area (Å²) in [6.45, 7) is 1.40. The van der Waals surface area contributed by atoms with Crippen LogP contribution in [0, 0.1) is 0 Å². The Hall–Kier alpha value is -2.03. The Kier molecular flexibility index (Phi) is 10.0. The summed E-state index contributed by atoms with van der Waals surface area (Å²) in [5, 5.41) is 6.72. The maximum atomic E-state index is 6.30. The van der Waals surface area contributed by atoms with Crippen molar-refractivity contribution >= 4 is 29.9 Å². The van der Waals surface area contributed by atoms with Gasteiger partial charge in [0.25, 0.3) is 0 Å². The Morgan fingerprint density at radius 2 is 2.00 bits per heavy atom. The number of pyridine rings is 1. The van der Waals surface area contributed by atoms with Crippen molar-refractivity contribution in [1.29, 1.82) is 0 Å². The van der Waals surface area contributed by atoms with E-state index in [1.807, 2.05) is 24.4 Å². The highest BCUT2D eigenvalue weighted by atomic mass is 127. The Bertz CT molecular complexity index is 765. The molecule has 1 aliphatic carbocycles. The average molecular weight is 510 g/mol. The molecule has 0 atom stereocenters. The predicted molar refractivity (Wildman–Crippen MR) is 127 cm³/mol. The molecule has 0 radical (unpaired) electrons. The van der Waals surface area contributed by atoms with Gasteiger partial charge in [-0.15, -0.1) is 24.0 Å². The van der Waals surface area contributed by atoms with E-state index in [2.05, 4.69) is 32.7 Å². The minimum atomic E-state index is 0. The number of halogens is 1. The molecule has 0 saturated heterocycles. The number of rotatable bonds is 8. The van der Waals surface area contributed by atoms with E-state index in [-0.39, 0.29) is 30.1 Å². The number of methoxy groups -OCH3 is 1. The highest BCUT2D eigenvalue weighted by molar-refractivity contribution is 14.0.